The Labute approximate surface area is 221 Å². The van der Waals surface area contributed by atoms with Gasteiger partial charge in [-0.1, -0.05) is 99.9 Å². The lowest BCUT2D eigenvalue weighted by atomic mass is 10.0. The molecule has 0 spiro atoms. The van der Waals surface area contributed by atoms with Crippen LogP contribution in [0.15, 0.2) is 30.6 Å². The Morgan fingerprint density at radius 1 is 0.758 bits per heavy atom. The molecule has 0 fully saturated rings. The summed E-state index contributed by atoms with van der Waals surface area (Å²) in [6, 6.07) is 5.68. The van der Waals surface area contributed by atoms with Gasteiger partial charge in [0.25, 0.3) is 5.82 Å². The van der Waals surface area contributed by atoms with Crippen LogP contribution in [0.25, 0.3) is 0 Å². The molecule has 0 N–H and O–H groups in total. The molecule has 0 saturated carbocycles. The van der Waals surface area contributed by atoms with E-state index in [0.717, 1.165) is 35.0 Å². The molecular formula is C27H42BrCl2FN2. The third-order valence-electron chi connectivity index (χ3n) is 6.43. The zero-order valence-electron chi connectivity index (χ0n) is 20.3. The Balaban J connectivity index is 0.00000544. The Morgan fingerprint density at radius 3 is 1.70 bits per heavy atom. The summed E-state index contributed by atoms with van der Waals surface area (Å²) in [5.41, 5.74) is 0.982. The highest BCUT2D eigenvalue weighted by Gasteiger charge is 2.15. The van der Waals surface area contributed by atoms with Crippen LogP contribution in [0.2, 0.25) is 10.0 Å². The third-order valence-corrected chi connectivity index (χ3v) is 7.14. The van der Waals surface area contributed by atoms with Gasteiger partial charge in [0.1, 0.15) is 18.9 Å². The molecule has 0 saturated heterocycles. The summed E-state index contributed by atoms with van der Waals surface area (Å²) in [7, 11) is 0. The third kappa shape index (κ3) is 12.1. The molecule has 1 aromatic heterocycles. The van der Waals surface area contributed by atoms with Gasteiger partial charge in [0.15, 0.2) is 0 Å². The van der Waals surface area contributed by atoms with Gasteiger partial charge in [-0.15, -0.1) is 0 Å². The van der Waals surface area contributed by atoms with Gasteiger partial charge in [-0.3, -0.25) is 4.39 Å². The molecular weight excluding hydrogens is 522 g/mol. The maximum atomic E-state index is 12.0. The predicted molar refractivity (Wildman–Crippen MR) is 136 cm³/mol. The van der Waals surface area contributed by atoms with E-state index in [1.165, 1.54) is 82.9 Å². The summed E-state index contributed by atoms with van der Waals surface area (Å²) in [6.07, 6.45) is 22.0. The van der Waals surface area contributed by atoms with E-state index in [9.17, 15) is 4.39 Å². The summed E-state index contributed by atoms with van der Waals surface area (Å²) >= 11 is 12.7. The molecule has 6 heteroatoms. The lowest BCUT2D eigenvalue weighted by molar-refractivity contribution is -0.693. The number of hydrogen-bond donors (Lipinski definition) is 0. The highest BCUT2D eigenvalue weighted by Crippen LogP contribution is 2.24. The van der Waals surface area contributed by atoms with Crippen LogP contribution >= 0.6 is 23.2 Å². The molecule has 188 valence electrons. The maximum Gasteiger partial charge on any atom is 0.253 e. The second-order valence-electron chi connectivity index (χ2n) is 9.01. The molecule has 2 nitrogen and oxygen atoms in total. The fraction of sp³-hybridized carbons (Fsp3) is 0.667. The Morgan fingerprint density at radius 2 is 1.21 bits per heavy atom. The Kier molecular flexibility index (Phi) is 17.3. The minimum absolute atomic E-state index is 0. The molecule has 0 bridgehead atoms. The van der Waals surface area contributed by atoms with Crippen LogP contribution in [0.4, 0.5) is 4.39 Å². The van der Waals surface area contributed by atoms with Gasteiger partial charge in [0.2, 0.25) is 0 Å². The molecule has 0 radical (unpaired) electrons. The van der Waals surface area contributed by atoms with Gasteiger partial charge in [-0.25, -0.2) is 9.13 Å². The number of aryl methyl sites for hydroxylation is 1. The van der Waals surface area contributed by atoms with Gasteiger partial charge in [-0.2, -0.15) is 0 Å². The number of aromatic nitrogens is 2. The summed E-state index contributed by atoms with van der Waals surface area (Å²) in [5.74, 6) is 1.24. The van der Waals surface area contributed by atoms with Crippen molar-refractivity contribution in [1.82, 2.24) is 4.57 Å². The zero-order chi connectivity index (χ0) is 23.0. The monoisotopic (exact) mass is 562 g/mol. The van der Waals surface area contributed by atoms with Crippen LogP contribution in [-0.2, 0) is 13.1 Å². The van der Waals surface area contributed by atoms with E-state index in [0.29, 0.717) is 6.54 Å². The number of benzene rings is 1. The average Bonchev–Trinajstić information content (AvgIpc) is 3.13. The fourth-order valence-corrected chi connectivity index (χ4v) is 4.81. The molecule has 0 amide bonds. The van der Waals surface area contributed by atoms with Crippen LogP contribution in [0, 0.1) is 6.92 Å². The van der Waals surface area contributed by atoms with Crippen LogP contribution in [0.5, 0.6) is 0 Å². The van der Waals surface area contributed by atoms with Crippen molar-refractivity contribution in [3.63, 3.8) is 0 Å². The first-order valence-electron chi connectivity index (χ1n) is 12.7. The van der Waals surface area contributed by atoms with Crippen molar-refractivity contribution >= 4 is 23.2 Å². The maximum absolute atomic E-state index is 12.0. The lowest BCUT2D eigenvalue weighted by Crippen LogP contribution is -3.00. The van der Waals surface area contributed by atoms with E-state index in [-0.39, 0.29) is 23.7 Å². The van der Waals surface area contributed by atoms with Crippen molar-refractivity contribution in [1.29, 1.82) is 0 Å². The van der Waals surface area contributed by atoms with Gasteiger partial charge in [0, 0.05) is 22.5 Å². The Hall–Kier alpha value is -0.580. The normalized spacial score (nSPS) is 11.0. The van der Waals surface area contributed by atoms with E-state index >= 15 is 0 Å². The molecule has 1 aromatic carbocycles. The lowest BCUT2D eigenvalue weighted by Gasteiger charge is -2.06. The topological polar surface area (TPSA) is 8.81 Å². The van der Waals surface area contributed by atoms with Crippen molar-refractivity contribution < 1.29 is 25.9 Å². The molecule has 1 heterocycles. The standard InChI is InChI=1S/C27H42Cl2FN2.BrH/c1-24-31(21-22-32(24)23-25-26(28)17-16-18-27(25)29)20-15-13-11-9-7-5-3-2-4-6-8-10-12-14-19-30;/h16-18,21-22H,2-15,19-20,23H2,1H3;1H/q+1;/p-1. The molecule has 33 heavy (non-hydrogen) atoms. The van der Waals surface area contributed by atoms with E-state index < -0.39 is 0 Å². The SMILES string of the molecule is Cc1n(CCCCCCCCCCCCCCCCF)cc[n+]1Cc1c(Cl)cccc1Cl.[Br-]. The van der Waals surface area contributed by atoms with E-state index in [2.05, 4.69) is 28.5 Å². The molecule has 0 aliphatic heterocycles. The van der Waals surface area contributed by atoms with Crippen molar-refractivity contribution in [3.8, 4) is 0 Å². The number of alkyl halides is 1. The van der Waals surface area contributed by atoms with Crippen molar-refractivity contribution in [3.05, 3.63) is 52.0 Å². The minimum Gasteiger partial charge on any atom is -1.00 e. The van der Waals surface area contributed by atoms with Gasteiger partial charge in [0.05, 0.1) is 13.2 Å². The smallest absolute Gasteiger partial charge is 0.253 e. The highest BCUT2D eigenvalue weighted by atomic mass is 79.9. The first-order chi connectivity index (χ1) is 15.6. The van der Waals surface area contributed by atoms with Crippen LogP contribution < -0.4 is 21.5 Å². The first-order valence-corrected chi connectivity index (χ1v) is 13.4. The van der Waals surface area contributed by atoms with Gasteiger partial charge in [-0.05, 0) is 31.4 Å². The van der Waals surface area contributed by atoms with E-state index in [1.807, 2.05) is 18.2 Å². The van der Waals surface area contributed by atoms with Crippen molar-refractivity contribution in [2.45, 2.75) is 110 Å². The molecule has 0 aliphatic rings. The first kappa shape index (κ1) is 30.5. The number of unbranched alkanes of at least 4 members (excludes halogenated alkanes) is 13. The molecule has 0 aliphatic carbocycles. The van der Waals surface area contributed by atoms with Crippen molar-refractivity contribution in [2.24, 2.45) is 0 Å². The highest BCUT2D eigenvalue weighted by molar-refractivity contribution is 6.35. The average molecular weight is 564 g/mol. The number of rotatable bonds is 18. The summed E-state index contributed by atoms with van der Waals surface area (Å²) in [4.78, 5) is 0. The predicted octanol–water partition coefficient (Wildman–Crippen LogP) is 5.87. The quantitative estimate of drug-likeness (QED) is 0.158. The van der Waals surface area contributed by atoms with Crippen LogP contribution in [-0.4, -0.2) is 11.2 Å². The number of imidazole rings is 1. The second kappa shape index (κ2) is 18.7. The molecule has 0 atom stereocenters. The van der Waals surface area contributed by atoms with E-state index in [4.69, 9.17) is 23.2 Å². The second-order valence-corrected chi connectivity index (χ2v) is 9.82. The Bertz CT molecular complexity index is 746. The molecule has 2 rings (SSSR count). The number of nitrogens with zero attached hydrogens (tertiary/aromatic N) is 2. The largest absolute Gasteiger partial charge is 1.00 e. The van der Waals surface area contributed by atoms with Crippen molar-refractivity contribution in [2.75, 3.05) is 6.67 Å². The van der Waals surface area contributed by atoms with Gasteiger partial charge >= 0.3 is 0 Å². The van der Waals surface area contributed by atoms with Crippen LogP contribution in [0.3, 0.4) is 0 Å². The van der Waals surface area contributed by atoms with Gasteiger partial charge < -0.3 is 17.0 Å². The summed E-state index contributed by atoms with van der Waals surface area (Å²) in [5, 5.41) is 1.45. The minimum atomic E-state index is -0.147. The zero-order valence-corrected chi connectivity index (χ0v) is 23.4. The summed E-state index contributed by atoms with van der Waals surface area (Å²) < 4.78 is 16.6. The fourth-order valence-electron chi connectivity index (χ4n) is 4.30. The molecule has 2 aromatic rings. The van der Waals surface area contributed by atoms with Crippen LogP contribution in [0.1, 0.15) is 101 Å². The molecule has 0 unspecified atom stereocenters. The number of halogens is 4. The van der Waals surface area contributed by atoms with E-state index in [1.54, 1.807) is 0 Å². The number of hydrogen-bond acceptors (Lipinski definition) is 0. The summed E-state index contributed by atoms with van der Waals surface area (Å²) in [6.45, 7) is 3.79.